The molecule has 1 amide bonds. The number of amides is 1. The van der Waals surface area contributed by atoms with Crippen molar-refractivity contribution in [1.29, 1.82) is 5.26 Å². The summed E-state index contributed by atoms with van der Waals surface area (Å²) in [5, 5.41) is 12.1. The van der Waals surface area contributed by atoms with Gasteiger partial charge in [-0.15, -0.1) is 0 Å². The van der Waals surface area contributed by atoms with Gasteiger partial charge in [-0.3, -0.25) is 4.79 Å². The van der Waals surface area contributed by atoms with Gasteiger partial charge in [-0.1, -0.05) is 12.1 Å². The van der Waals surface area contributed by atoms with Gasteiger partial charge in [0.1, 0.15) is 0 Å². The summed E-state index contributed by atoms with van der Waals surface area (Å²) in [5.74, 6) is 2.63. The smallest absolute Gasteiger partial charge is 0.226 e. The zero-order valence-electron chi connectivity index (χ0n) is 12.8. The topological polar surface area (TPSA) is 52.9 Å². The maximum absolute atomic E-state index is 12.8. The number of carbonyl (C=O) groups is 1. The zero-order valence-corrected chi connectivity index (χ0v) is 12.8. The normalized spacial score (nSPS) is 35.1. The largest absolute Gasteiger partial charge is 0.352 e. The van der Waals surface area contributed by atoms with Crippen LogP contribution in [0.5, 0.6) is 0 Å². The maximum Gasteiger partial charge on any atom is 0.226 e. The maximum atomic E-state index is 12.8. The van der Waals surface area contributed by atoms with Gasteiger partial charge in [-0.25, -0.2) is 0 Å². The van der Waals surface area contributed by atoms with E-state index in [9.17, 15) is 4.79 Å². The molecule has 4 saturated carbocycles. The van der Waals surface area contributed by atoms with Gasteiger partial charge in [0.05, 0.1) is 11.6 Å². The van der Waals surface area contributed by atoms with Crippen molar-refractivity contribution in [3.05, 3.63) is 35.4 Å². The van der Waals surface area contributed by atoms with E-state index >= 15 is 0 Å². The molecule has 4 bridgehead atoms. The van der Waals surface area contributed by atoms with E-state index in [0.717, 1.165) is 42.6 Å². The molecule has 0 spiro atoms. The van der Waals surface area contributed by atoms with Crippen LogP contribution in [0.3, 0.4) is 0 Å². The summed E-state index contributed by atoms with van der Waals surface area (Å²) in [4.78, 5) is 12.8. The Morgan fingerprint density at radius 1 is 1.18 bits per heavy atom. The SMILES string of the molecule is N#Cc1cccc(CNC(=O)C23CC4CC(CC(C4)C2)C3)c1. The predicted octanol–water partition coefficient (Wildman–Crippen LogP) is 3.39. The van der Waals surface area contributed by atoms with E-state index < -0.39 is 0 Å². The van der Waals surface area contributed by atoms with Gasteiger partial charge >= 0.3 is 0 Å². The number of benzene rings is 1. The molecular formula is C19H22N2O. The lowest BCUT2D eigenvalue weighted by molar-refractivity contribution is -0.146. The van der Waals surface area contributed by atoms with E-state index in [1.807, 2.05) is 18.2 Å². The highest BCUT2D eigenvalue weighted by molar-refractivity contribution is 5.83. The molecule has 0 unspecified atom stereocenters. The first-order valence-corrected chi connectivity index (χ1v) is 8.44. The highest BCUT2D eigenvalue weighted by Gasteiger charge is 2.54. The standard InChI is InChI=1S/C19H22N2O/c20-11-13-2-1-3-14(4-13)12-21-18(22)19-8-15-5-16(9-19)7-17(6-15)10-19/h1-4,15-17H,5-10,12H2,(H,21,22). The number of nitriles is 1. The zero-order chi connectivity index (χ0) is 15.2. The molecule has 0 radical (unpaired) electrons. The van der Waals surface area contributed by atoms with E-state index in [-0.39, 0.29) is 11.3 Å². The van der Waals surface area contributed by atoms with Crippen LogP contribution < -0.4 is 5.32 Å². The Bertz CT molecular complexity index is 608. The van der Waals surface area contributed by atoms with Gasteiger partial charge in [0, 0.05) is 12.0 Å². The number of nitrogens with zero attached hydrogens (tertiary/aromatic N) is 1. The first kappa shape index (κ1) is 13.8. The first-order chi connectivity index (χ1) is 10.7. The summed E-state index contributed by atoms with van der Waals surface area (Å²) < 4.78 is 0. The van der Waals surface area contributed by atoms with Gasteiger partial charge in [-0.05, 0) is 74.0 Å². The minimum Gasteiger partial charge on any atom is -0.352 e. The monoisotopic (exact) mass is 294 g/mol. The third-order valence-electron chi connectivity index (χ3n) is 6.03. The van der Waals surface area contributed by atoms with Crippen LogP contribution in [0.4, 0.5) is 0 Å². The predicted molar refractivity (Wildman–Crippen MR) is 83.6 cm³/mol. The number of hydrogen-bond acceptors (Lipinski definition) is 2. The molecule has 3 nitrogen and oxygen atoms in total. The van der Waals surface area contributed by atoms with Crippen molar-refractivity contribution in [2.45, 2.75) is 45.1 Å². The van der Waals surface area contributed by atoms with Crippen LogP contribution in [-0.2, 0) is 11.3 Å². The molecule has 1 aromatic carbocycles. The Labute approximate surface area is 131 Å². The molecule has 4 fully saturated rings. The fraction of sp³-hybridized carbons (Fsp3) is 0.579. The highest BCUT2D eigenvalue weighted by Crippen LogP contribution is 2.60. The van der Waals surface area contributed by atoms with Crippen molar-refractivity contribution in [1.82, 2.24) is 5.32 Å². The molecule has 1 N–H and O–H groups in total. The van der Waals surface area contributed by atoms with Gasteiger partial charge in [0.2, 0.25) is 5.91 Å². The highest BCUT2D eigenvalue weighted by atomic mass is 16.2. The Hall–Kier alpha value is -1.82. The lowest BCUT2D eigenvalue weighted by Gasteiger charge is -2.55. The minimum absolute atomic E-state index is 0.0818. The molecule has 0 aliphatic heterocycles. The average molecular weight is 294 g/mol. The summed E-state index contributed by atoms with van der Waals surface area (Å²) in [6, 6.07) is 9.66. The average Bonchev–Trinajstić information content (AvgIpc) is 2.51. The summed E-state index contributed by atoms with van der Waals surface area (Å²) in [7, 11) is 0. The van der Waals surface area contributed by atoms with E-state index in [1.165, 1.54) is 19.3 Å². The van der Waals surface area contributed by atoms with Crippen molar-refractivity contribution in [3.8, 4) is 6.07 Å². The third kappa shape index (κ3) is 2.31. The second-order valence-electron chi connectivity index (χ2n) is 7.69. The Morgan fingerprint density at radius 2 is 1.82 bits per heavy atom. The Kier molecular flexibility index (Phi) is 3.22. The van der Waals surface area contributed by atoms with Crippen LogP contribution in [0.2, 0.25) is 0 Å². The van der Waals surface area contributed by atoms with Gasteiger partial charge in [0.15, 0.2) is 0 Å². The summed E-state index contributed by atoms with van der Waals surface area (Å²) in [6.07, 6.45) is 7.37. The van der Waals surface area contributed by atoms with E-state index in [1.54, 1.807) is 6.07 Å². The molecule has 5 rings (SSSR count). The number of carbonyl (C=O) groups excluding carboxylic acids is 1. The van der Waals surface area contributed by atoms with Crippen LogP contribution >= 0.6 is 0 Å². The quantitative estimate of drug-likeness (QED) is 0.929. The molecule has 3 heteroatoms. The van der Waals surface area contributed by atoms with E-state index in [0.29, 0.717) is 12.1 Å². The van der Waals surface area contributed by atoms with E-state index in [2.05, 4.69) is 11.4 Å². The summed E-state index contributed by atoms with van der Waals surface area (Å²) >= 11 is 0. The first-order valence-electron chi connectivity index (χ1n) is 8.44. The Morgan fingerprint density at radius 3 is 2.41 bits per heavy atom. The lowest BCUT2D eigenvalue weighted by atomic mass is 9.49. The second kappa shape index (κ2) is 5.12. The molecule has 4 aliphatic rings. The molecule has 0 saturated heterocycles. The molecule has 4 aliphatic carbocycles. The molecule has 1 aromatic rings. The van der Waals surface area contributed by atoms with Crippen molar-refractivity contribution < 1.29 is 4.79 Å². The van der Waals surface area contributed by atoms with Crippen molar-refractivity contribution in [3.63, 3.8) is 0 Å². The molecule has 114 valence electrons. The minimum atomic E-state index is -0.0818. The molecule has 0 atom stereocenters. The second-order valence-corrected chi connectivity index (χ2v) is 7.69. The molecule has 22 heavy (non-hydrogen) atoms. The van der Waals surface area contributed by atoms with Crippen LogP contribution in [0.25, 0.3) is 0 Å². The molecule has 0 aromatic heterocycles. The molecule has 0 heterocycles. The summed E-state index contributed by atoms with van der Waals surface area (Å²) in [5.41, 5.74) is 1.58. The van der Waals surface area contributed by atoms with Crippen molar-refractivity contribution >= 4 is 5.91 Å². The van der Waals surface area contributed by atoms with Crippen molar-refractivity contribution in [2.24, 2.45) is 23.2 Å². The third-order valence-corrected chi connectivity index (χ3v) is 6.03. The fourth-order valence-electron chi connectivity index (χ4n) is 5.51. The Balaban J connectivity index is 1.45. The fourth-order valence-corrected chi connectivity index (χ4v) is 5.51. The van der Waals surface area contributed by atoms with Gasteiger partial charge in [-0.2, -0.15) is 5.26 Å². The van der Waals surface area contributed by atoms with Gasteiger partial charge in [0.25, 0.3) is 0 Å². The number of rotatable bonds is 3. The van der Waals surface area contributed by atoms with Crippen LogP contribution in [-0.4, -0.2) is 5.91 Å². The van der Waals surface area contributed by atoms with Crippen molar-refractivity contribution in [2.75, 3.05) is 0 Å². The van der Waals surface area contributed by atoms with Gasteiger partial charge < -0.3 is 5.32 Å². The molecular weight excluding hydrogens is 272 g/mol. The van der Waals surface area contributed by atoms with Crippen LogP contribution in [0.15, 0.2) is 24.3 Å². The van der Waals surface area contributed by atoms with E-state index in [4.69, 9.17) is 5.26 Å². The number of nitrogens with one attached hydrogen (secondary N) is 1. The van der Waals surface area contributed by atoms with Crippen LogP contribution in [0, 0.1) is 34.5 Å². The lowest BCUT2D eigenvalue weighted by Crippen LogP contribution is -2.53. The summed E-state index contributed by atoms with van der Waals surface area (Å²) in [6.45, 7) is 0.538. The number of hydrogen-bond donors (Lipinski definition) is 1. The van der Waals surface area contributed by atoms with Crippen LogP contribution in [0.1, 0.15) is 49.7 Å².